The number of nitrogens with zero attached hydrogens (tertiary/aromatic N) is 1. The van der Waals surface area contributed by atoms with Gasteiger partial charge in [-0.3, -0.25) is 0 Å². The normalized spacial score (nSPS) is 10.5. The monoisotopic (exact) mass is 309 g/mol. The van der Waals surface area contributed by atoms with E-state index in [1.807, 2.05) is 55.5 Å². The molecule has 23 heavy (non-hydrogen) atoms. The van der Waals surface area contributed by atoms with Crippen molar-refractivity contribution in [2.24, 2.45) is 0 Å². The van der Waals surface area contributed by atoms with Crippen LogP contribution in [0, 0.1) is 6.92 Å². The highest BCUT2D eigenvalue weighted by molar-refractivity contribution is 5.85. The van der Waals surface area contributed by atoms with E-state index in [1.54, 1.807) is 0 Å². The maximum Gasteiger partial charge on any atom is 0.374 e. The van der Waals surface area contributed by atoms with Crippen molar-refractivity contribution < 1.29 is 19.2 Å². The number of aromatic carboxylic acids is 1. The number of aromatic nitrogens is 1. The van der Waals surface area contributed by atoms with Crippen LogP contribution < -0.4 is 4.74 Å². The van der Waals surface area contributed by atoms with Gasteiger partial charge in [-0.2, -0.15) is 0 Å². The van der Waals surface area contributed by atoms with E-state index in [9.17, 15) is 4.79 Å². The van der Waals surface area contributed by atoms with Crippen molar-refractivity contribution in [3.05, 3.63) is 71.5 Å². The van der Waals surface area contributed by atoms with Crippen LogP contribution in [0.4, 0.5) is 0 Å². The Labute approximate surface area is 133 Å². The lowest BCUT2D eigenvalue weighted by molar-refractivity contribution is 0.0652. The second kappa shape index (κ2) is 6.36. The molecule has 3 rings (SSSR count). The zero-order chi connectivity index (χ0) is 16.2. The molecule has 1 N–H and O–H groups in total. The number of hydrogen-bond donors (Lipinski definition) is 1. The topological polar surface area (TPSA) is 72.6 Å². The summed E-state index contributed by atoms with van der Waals surface area (Å²) in [5.41, 5.74) is 3.28. The number of carboxylic acids is 1. The van der Waals surface area contributed by atoms with Gasteiger partial charge in [0, 0.05) is 11.6 Å². The Morgan fingerprint density at radius 1 is 1.17 bits per heavy atom. The number of aryl methyl sites for hydroxylation is 1. The maximum absolute atomic E-state index is 10.9. The van der Waals surface area contributed by atoms with Crippen LogP contribution in [0.25, 0.3) is 11.3 Å². The smallest absolute Gasteiger partial charge is 0.374 e. The first-order chi connectivity index (χ1) is 11.1. The zero-order valence-corrected chi connectivity index (χ0v) is 12.5. The third-order valence-electron chi connectivity index (χ3n) is 3.44. The van der Waals surface area contributed by atoms with Crippen molar-refractivity contribution in [3.8, 4) is 17.0 Å². The van der Waals surface area contributed by atoms with Crippen molar-refractivity contribution in [2.75, 3.05) is 0 Å². The molecular weight excluding hydrogens is 294 g/mol. The fourth-order valence-electron chi connectivity index (χ4n) is 2.16. The summed E-state index contributed by atoms with van der Waals surface area (Å²) in [6.07, 6.45) is 0. The standard InChI is InChI=1S/C18H15NO4/c1-12-7-8-14(15-10-17(18(20)21)23-19-15)9-16(12)22-11-13-5-3-2-4-6-13/h2-10H,11H2,1H3,(H,20,21). The largest absolute Gasteiger partial charge is 0.489 e. The van der Waals surface area contributed by atoms with E-state index in [4.69, 9.17) is 14.4 Å². The number of carboxylic acid groups (broad SMARTS) is 1. The third-order valence-corrected chi connectivity index (χ3v) is 3.44. The summed E-state index contributed by atoms with van der Waals surface area (Å²) in [6.45, 7) is 2.42. The summed E-state index contributed by atoms with van der Waals surface area (Å²) < 4.78 is 10.7. The van der Waals surface area contributed by atoms with Crippen LogP contribution in [0.1, 0.15) is 21.7 Å². The number of carbonyl (C=O) groups is 1. The summed E-state index contributed by atoms with van der Waals surface area (Å²) in [7, 11) is 0. The Morgan fingerprint density at radius 2 is 1.96 bits per heavy atom. The average molecular weight is 309 g/mol. The Balaban J connectivity index is 1.82. The minimum absolute atomic E-state index is 0.188. The van der Waals surface area contributed by atoms with Gasteiger partial charge >= 0.3 is 5.97 Å². The van der Waals surface area contributed by atoms with E-state index >= 15 is 0 Å². The van der Waals surface area contributed by atoms with Crippen LogP contribution in [0.15, 0.2) is 59.1 Å². The molecule has 0 amide bonds. The first-order valence-electron chi connectivity index (χ1n) is 7.11. The molecule has 0 saturated heterocycles. The minimum atomic E-state index is -1.14. The molecule has 116 valence electrons. The molecule has 0 unspecified atom stereocenters. The first kappa shape index (κ1) is 14.8. The van der Waals surface area contributed by atoms with E-state index in [0.717, 1.165) is 22.4 Å². The minimum Gasteiger partial charge on any atom is -0.489 e. The SMILES string of the molecule is Cc1ccc(-c2cc(C(=O)O)on2)cc1OCc1ccccc1. The molecule has 0 saturated carbocycles. The predicted molar refractivity (Wildman–Crippen MR) is 84.4 cm³/mol. The second-order valence-electron chi connectivity index (χ2n) is 5.14. The van der Waals surface area contributed by atoms with E-state index in [-0.39, 0.29) is 5.76 Å². The van der Waals surface area contributed by atoms with Crippen LogP contribution >= 0.6 is 0 Å². The van der Waals surface area contributed by atoms with E-state index in [2.05, 4.69) is 5.16 Å². The van der Waals surface area contributed by atoms with Gasteiger partial charge in [0.1, 0.15) is 18.1 Å². The lowest BCUT2D eigenvalue weighted by atomic mass is 10.1. The highest BCUT2D eigenvalue weighted by Gasteiger charge is 2.13. The lowest BCUT2D eigenvalue weighted by Crippen LogP contribution is -1.97. The lowest BCUT2D eigenvalue weighted by Gasteiger charge is -2.10. The molecule has 0 bridgehead atoms. The molecule has 3 aromatic rings. The molecule has 0 fully saturated rings. The quantitative estimate of drug-likeness (QED) is 0.773. The van der Waals surface area contributed by atoms with Gasteiger partial charge in [-0.15, -0.1) is 0 Å². The predicted octanol–water partition coefficient (Wildman–Crippen LogP) is 3.93. The fraction of sp³-hybridized carbons (Fsp3) is 0.111. The molecule has 5 nitrogen and oxygen atoms in total. The fourth-order valence-corrected chi connectivity index (χ4v) is 2.16. The summed E-state index contributed by atoms with van der Waals surface area (Å²) in [5, 5.41) is 12.7. The van der Waals surface area contributed by atoms with Gasteiger partial charge in [-0.1, -0.05) is 47.6 Å². The summed E-state index contributed by atoms with van der Waals surface area (Å²) in [6, 6.07) is 16.9. The van der Waals surface area contributed by atoms with E-state index in [1.165, 1.54) is 6.07 Å². The van der Waals surface area contributed by atoms with Crippen molar-refractivity contribution in [3.63, 3.8) is 0 Å². The number of hydrogen-bond acceptors (Lipinski definition) is 4. The van der Waals surface area contributed by atoms with Crippen LogP contribution in [-0.2, 0) is 6.61 Å². The van der Waals surface area contributed by atoms with Gasteiger partial charge in [0.05, 0.1) is 0 Å². The number of benzene rings is 2. The summed E-state index contributed by atoms with van der Waals surface area (Å²) in [5.74, 6) is -0.602. The van der Waals surface area contributed by atoms with Crippen molar-refractivity contribution in [1.29, 1.82) is 0 Å². The Morgan fingerprint density at radius 3 is 2.65 bits per heavy atom. The Hall–Kier alpha value is -3.08. The van der Waals surface area contributed by atoms with Crippen LogP contribution in [0.3, 0.4) is 0 Å². The summed E-state index contributed by atoms with van der Waals surface area (Å²) >= 11 is 0. The second-order valence-corrected chi connectivity index (χ2v) is 5.14. The molecule has 1 aromatic heterocycles. The summed E-state index contributed by atoms with van der Waals surface area (Å²) in [4.78, 5) is 10.9. The first-order valence-corrected chi connectivity index (χ1v) is 7.11. The van der Waals surface area contributed by atoms with Crippen LogP contribution in [-0.4, -0.2) is 16.2 Å². The van der Waals surface area contributed by atoms with Crippen molar-refractivity contribution in [1.82, 2.24) is 5.16 Å². The molecular formula is C18H15NO4. The van der Waals surface area contributed by atoms with Gasteiger partial charge in [0.25, 0.3) is 0 Å². The number of rotatable bonds is 5. The molecule has 1 heterocycles. The molecule has 5 heteroatoms. The molecule has 0 aliphatic rings. The molecule has 0 atom stereocenters. The third kappa shape index (κ3) is 3.40. The molecule has 0 aliphatic carbocycles. The molecule has 2 aromatic carbocycles. The van der Waals surface area contributed by atoms with Crippen molar-refractivity contribution in [2.45, 2.75) is 13.5 Å². The molecule has 0 aliphatic heterocycles. The molecule has 0 radical (unpaired) electrons. The highest BCUT2D eigenvalue weighted by Crippen LogP contribution is 2.27. The maximum atomic E-state index is 10.9. The molecule has 0 spiro atoms. The Kier molecular flexibility index (Phi) is 4.10. The zero-order valence-electron chi connectivity index (χ0n) is 12.5. The van der Waals surface area contributed by atoms with Crippen LogP contribution in [0.2, 0.25) is 0 Å². The van der Waals surface area contributed by atoms with Gasteiger partial charge in [-0.25, -0.2) is 4.79 Å². The van der Waals surface area contributed by atoms with E-state index in [0.29, 0.717) is 12.3 Å². The average Bonchev–Trinajstić information content (AvgIpc) is 3.05. The van der Waals surface area contributed by atoms with Crippen LogP contribution in [0.5, 0.6) is 5.75 Å². The highest BCUT2D eigenvalue weighted by atomic mass is 16.5. The van der Waals surface area contributed by atoms with Gasteiger partial charge in [-0.05, 0) is 24.1 Å². The van der Waals surface area contributed by atoms with Crippen molar-refractivity contribution >= 4 is 5.97 Å². The van der Waals surface area contributed by atoms with Gasteiger partial charge < -0.3 is 14.4 Å². The van der Waals surface area contributed by atoms with Gasteiger partial charge in [0.15, 0.2) is 0 Å². The van der Waals surface area contributed by atoms with E-state index < -0.39 is 5.97 Å². The van der Waals surface area contributed by atoms with Gasteiger partial charge in [0.2, 0.25) is 5.76 Å². The Bertz CT molecular complexity index is 824. The number of ether oxygens (including phenoxy) is 1.